The van der Waals surface area contributed by atoms with E-state index < -0.39 is 5.97 Å². The van der Waals surface area contributed by atoms with Gasteiger partial charge in [0.15, 0.2) is 0 Å². The molecule has 3 nitrogen and oxygen atoms in total. The first-order valence-electron chi connectivity index (χ1n) is 5.05. The Morgan fingerprint density at radius 1 is 1.40 bits per heavy atom. The van der Waals surface area contributed by atoms with E-state index in [2.05, 4.69) is 11.1 Å². The highest BCUT2D eigenvalue weighted by Crippen LogP contribution is 2.47. The first-order chi connectivity index (χ1) is 7.25. The summed E-state index contributed by atoms with van der Waals surface area (Å²) in [5.41, 5.74) is 2.25. The molecule has 1 aliphatic carbocycles. The van der Waals surface area contributed by atoms with Crippen LogP contribution in [0, 0.1) is 5.92 Å². The molecule has 0 aliphatic heterocycles. The van der Waals surface area contributed by atoms with Gasteiger partial charge < -0.3 is 10.1 Å². The molecule has 0 saturated heterocycles. The lowest BCUT2D eigenvalue weighted by molar-refractivity contribution is -0.138. The van der Waals surface area contributed by atoms with E-state index in [0.29, 0.717) is 0 Å². The lowest BCUT2D eigenvalue weighted by atomic mass is 10.1. The number of carboxylic acids is 1. The molecule has 0 spiro atoms. The first-order valence-corrected chi connectivity index (χ1v) is 5.05. The van der Waals surface area contributed by atoms with Crippen LogP contribution in [0.2, 0.25) is 0 Å². The van der Waals surface area contributed by atoms with Crippen LogP contribution in [0.4, 0.5) is 0 Å². The van der Waals surface area contributed by atoms with Crippen LogP contribution < -0.4 is 0 Å². The van der Waals surface area contributed by atoms with Gasteiger partial charge in [0.25, 0.3) is 0 Å². The fourth-order valence-corrected chi connectivity index (χ4v) is 2.14. The molecule has 1 aliphatic rings. The van der Waals surface area contributed by atoms with Gasteiger partial charge in [-0.3, -0.25) is 4.79 Å². The van der Waals surface area contributed by atoms with Crippen LogP contribution in [0.1, 0.15) is 17.9 Å². The van der Waals surface area contributed by atoms with Crippen molar-refractivity contribution in [2.75, 3.05) is 0 Å². The zero-order chi connectivity index (χ0) is 10.4. The fraction of sp³-hybridized carbons (Fsp3) is 0.250. The summed E-state index contributed by atoms with van der Waals surface area (Å²) in [7, 11) is 0. The second-order valence-electron chi connectivity index (χ2n) is 4.11. The van der Waals surface area contributed by atoms with Gasteiger partial charge in [0, 0.05) is 11.7 Å². The van der Waals surface area contributed by atoms with Gasteiger partial charge in [0.05, 0.1) is 5.92 Å². The first kappa shape index (κ1) is 8.53. The lowest BCUT2D eigenvalue weighted by Crippen LogP contribution is -1.98. The third-order valence-electron chi connectivity index (χ3n) is 3.11. The van der Waals surface area contributed by atoms with E-state index in [4.69, 9.17) is 5.11 Å². The monoisotopic (exact) mass is 201 g/mol. The van der Waals surface area contributed by atoms with E-state index in [1.54, 1.807) is 0 Å². The molecule has 2 N–H and O–H groups in total. The summed E-state index contributed by atoms with van der Waals surface area (Å²) in [6, 6.07) is 8.13. The van der Waals surface area contributed by atoms with Gasteiger partial charge in [0.1, 0.15) is 0 Å². The van der Waals surface area contributed by atoms with Crippen LogP contribution in [0.15, 0.2) is 30.5 Å². The minimum atomic E-state index is -0.672. The molecule has 76 valence electrons. The molecular formula is C12H11NO2. The zero-order valence-corrected chi connectivity index (χ0v) is 8.10. The SMILES string of the molecule is O=C(O)[C@@H]1C[C@H]1c1ccc2[nH]ccc2c1. The molecule has 0 radical (unpaired) electrons. The predicted octanol–water partition coefficient (Wildman–Crippen LogP) is 2.36. The number of aromatic nitrogens is 1. The number of hydrogen-bond donors (Lipinski definition) is 2. The van der Waals surface area contributed by atoms with E-state index >= 15 is 0 Å². The van der Waals surface area contributed by atoms with E-state index in [1.807, 2.05) is 24.4 Å². The molecule has 0 amide bonds. The van der Waals surface area contributed by atoms with Crippen LogP contribution in [0.5, 0.6) is 0 Å². The van der Waals surface area contributed by atoms with Crippen molar-refractivity contribution in [3.8, 4) is 0 Å². The van der Waals surface area contributed by atoms with Crippen molar-refractivity contribution in [3.05, 3.63) is 36.0 Å². The zero-order valence-electron chi connectivity index (χ0n) is 8.10. The molecule has 3 rings (SSSR count). The van der Waals surface area contributed by atoms with Crippen LogP contribution in [0.3, 0.4) is 0 Å². The summed E-state index contributed by atoms with van der Waals surface area (Å²) in [5, 5.41) is 10.0. The van der Waals surface area contributed by atoms with Gasteiger partial charge in [0.2, 0.25) is 0 Å². The Bertz CT molecular complexity index is 529. The molecule has 15 heavy (non-hydrogen) atoms. The number of aromatic amines is 1. The Balaban J connectivity index is 1.96. The topological polar surface area (TPSA) is 53.1 Å². The Morgan fingerprint density at radius 2 is 2.27 bits per heavy atom. The minimum absolute atomic E-state index is 0.165. The van der Waals surface area contributed by atoms with Gasteiger partial charge >= 0.3 is 5.97 Å². The molecule has 2 aromatic rings. The van der Waals surface area contributed by atoms with Gasteiger partial charge in [-0.2, -0.15) is 0 Å². The van der Waals surface area contributed by atoms with E-state index in [9.17, 15) is 4.79 Å². The number of rotatable bonds is 2. The smallest absolute Gasteiger partial charge is 0.307 e. The summed E-state index contributed by atoms with van der Waals surface area (Å²) in [5.74, 6) is -0.614. The van der Waals surface area contributed by atoms with Crippen molar-refractivity contribution < 1.29 is 9.90 Å². The fourth-order valence-electron chi connectivity index (χ4n) is 2.14. The van der Waals surface area contributed by atoms with Crippen molar-refractivity contribution in [1.29, 1.82) is 0 Å². The Kier molecular flexibility index (Phi) is 1.63. The van der Waals surface area contributed by atoms with E-state index in [0.717, 1.165) is 22.9 Å². The summed E-state index contributed by atoms with van der Waals surface area (Å²) < 4.78 is 0. The highest BCUT2D eigenvalue weighted by atomic mass is 16.4. The quantitative estimate of drug-likeness (QED) is 0.783. The highest BCUT2D eigenvalue weighted by Gasteiger charge is 2.44. The maximum atomic E-state index is 10.8. The molecule has 1 saturated carbocycles. The number of H-pyrrole nitrogens is 1. The maximum absolute atomic E-state index is 10.8. The molecule has 0 bridgehead atoms. The lowest BCUT2D eigenvalue weighted by Gasteiger charge is -1.98. The summed E-state index contributed by atoms with van der Waals surface area (Å²) >= 11 is 0. The maximum Gasteiger partial charge on any atom is 0.307 e. The van der Waals surface area contributed by atoms with Crippen LogP contribution in [0.25, 0.3) is 10.9 Å². The second kappa shape index (κ2) is 2.86. The molecule has 2 atom stereocenters. The molecule has 1 fully saturated rings. The van der Waals surface area contributed by atoms with Gasteiger partial charge in [-0.05, 0) is 41.5 Å². The molecular weight excluding hydrogens is 190 g/mol. The van der Waals surface area contributed by atoms with E-state index in [-0.39, 0.29) is 11.8 Å². The van der Waals surface area contributed by atoms with Gasteiger partial charge in [-0.15, -0.1) is 0 Å². The number of nitrogens with one attached hydrogen (secondary N) is 1. The largest absolute Gasteiger partial charge is 0.481 e. The van der Waals surface area contributed by atoms with E-state index in [1.165, 1.54) is 0 Å². The standard InChI is InChI=1S/C12H11NO2/c14-12(15)10-6-9(10)7-1-2-11-8(5-7)3-4-13-11/h1-5,9-10,13H,6H2,(H,14,15)/t9-,10+/m0/s1. The van der Waals surface area contributed by atoms with Crippen molar-refractivity contribution in [1.82, 2.24) is 4.98 Å². The number of carboxylic acid groups (broad SMARTS) is 1. The number of fused-ring (bicyclic) bond motifs is 1. The minimum Gasteiger partial charge on any atom is -0.481 e. The summed E-state index contributed by atoms with van der Waals surface area (Å²) in [6.45, 7) is 0. The number of benzene rings is 1. The van der Waals surface area contributed by atoms with Gasteiger partial charge in [-0.1, -0.05) is 6.07 Å². The van der Waals surface area contributed by atoms with Crippen LogP contribution in [-0.4, -0.2) is 16.1 Å². The number of hydrogen-bond acceptors (Lipinski definition) is 1. The third kappa shape index (κ3) is 1.31. The summed E-state index contributed by atoms with van der Waals surface area (Å²) in [4.78, 5) is 13.9. The van der Waals surface area contributed by atoms with Crippen molar-refractivity contribution in [2.24, 2.45) is 5.92 Å². The molecule has 0 unspecified atom stereocenters. The average molecular weight is 201 g/mol. The van der Waals surface area contributed by atoms with Crippen molar-refractivity contribution >= 4 is 16.9 Å². The highest BCUT2D eigenvalue weighted by molar-refractivity contribution is 5.81. The third-order valence-corrected chi connectivity index (χ3v) is 3.11. The normalized spacial score (nSPS) is 24.3. The second-order valence-corrected chi connectivity index (χ2v) is 4.11. The summed E-state index contributed by atoms with van der Waals surface area (Å²) in [6.07, 6.45) is 2.68. The Hall–Kier alpha value is -1.77. The molecule has 1 aromatic carbocycles. The predicted molar refractivity (Wildman–Crippen MR) is 56.8 cm³/mol. The molecule has 3 heteroatoms. The molecule has 1 heterocycles. The van der Waals surface area contributed by atoms with Crippen molar-refractivity contribution in [3.63, 3.8) is 0 Å². The Labute approximate surface area is 86.7 Å². The molecule has 1 aromatic heterocycles. The number of carbonyl (C=O) groups is 1. The average Bonchev–Trinajstić information content (AvgIpc) is 2.89. The van der Waals surface area contributed by atoms with Crippen LogP contribution in [-0.2, 0) is 4.79 Å². The van der Waals surface area contributed by atoms with Gasteiger partial charge in [-0.25, -0.2) is 0 Å². The van der Waals surface area contributed by atoms with Crippen LogP contribution >= 0.6 is 0 Å². The Morgan fingerprint density at radius 3 is 3.00 bits per heavy atom. The number of aliphatic carboxylic acids is 1. The van der Waals surface area contributed by atoms with Crippen molar-refractivity contribution in [2.45, 2.75) is 12.3 Å².